The average Bonchev–Trinajstić information content (AvgIpc) is 2.74. The van der Waals surface area contributed by atoms with Crippen LogP contribution in [0.2, 0.25) is 0 Å². The first-order valence-corrected chi connectivity index (χ1v) is 6.78. The van der Waals surface area contributed by atoms with Crippen molar-refractivity contribution < 1.29 is 0 Å². The Hall–Kier alpha value is -2.36. The molecule has 2 aromatic heterocycles. The topological polar surface area (TPSA) is 56.7 Å². The molecule has 102 valence electrons. The van der Waals surface area contributed by atoms with Gasteiger partial charge in [-0.15, -0.1) is 0 Å². The molecule has 1 aromatic carbocycles. The number of benzene rings is 1. The minimum absolute atomic E-state index is 0.537. The summed E-state index contributed by atoms with van der Waals surface area (Å²) in [5.41, 5.74) is 11.5. The third-order valence-electron chi connectivity index (χ3n) is 3.57. The number of aromatic nitrogens is 3. The van der Waals surface area contributed by atoms with Crippen molar-refractivity contribution in [3.05, 3.63) is 53.2 Å². The predicted molar refractivity (Wildman–Crippen MR) is 81.6 cm³/mol. The Kier molecular flexibility index (Phi) is 3.14. The van der Waals surface area contributed by atoms with Crippen LogP contribution in [0.1, 0.15) is 16.7 Å². The van der Waals surface area contributed by atoms with Gasteiger partial charge in [0.2, 0.25) is 5.95 Å². The fourth-order valence-corrected chi connectivity index (χ4v) is 2.48. The smallest absolute Gasteiger partial charge is 0.202 e. The SMILES string of the molecule is Cc1cccc(CCn2c(N)nc3c(C)ccnc32)c1. The summed E-state index contributed by atoms with van der Waals surface area (Å²) in [6.45, 7) is 4.93. The minimum atomic E-state index is 0.537. The van der Waals surface area contributed by atoms with Gasteiger partial charge in [-0.3, -0.25) is 4.57 Å². The van der Waals surface area contributed by atoms with Crippen molar-refractivity contribution in [1.29, 1.82) is 0 Å². The molecule has 0 aliphatic carbocycles. The highest BCUT2D eigenvalue weighted by molar-refractivity contribution is 5.77. The van der Waals surface area contributed by atoms with Gasteiger partial charge in [-0.2, -0.15) is 0 Å². The standard InChI is InChI=1S/C16H18N4/c1-11-4-3-5-13(10-11)7-9-20-15-14(19-16(20)17)12(2)6-8-18-15/h3-6,8,10H,7,9H2,1-2H3,(H2,17,19). The maximum Gasteiger partial charge on any atom is 0.202 e. The molecule has 3 aromatic rings. The van der Waals surface area contributed by atoms with Gasteiger partial charge in [-0.05, 0) is 37.5 Å². The van der Waals surface area contributed by atoms with Gasteiger partial charge in [-0.1, -0.05) is 29.8 Å². The number of fused-ring (bicyclic) bond motifs is 1. The van der Waals surface area contributed by atoms with Crippen molar-refractivity contribution in [1.82, 2.24) is 14.5 Å². The highest BCUT2D eigenvalue weighted by Crippen LogP contribution is 2.19. The normalized spacial score (nSPS) is 11.1. The zero-order valence-electron chi connectivity index (χ0n) is 11.8. The Balaban J connectivity index is 1.91. The molecule has 0 saturated heterocycles. The molecule has 0 amide bonds. The molecular formula is C16H18N4. The molecule has 0 aliphatic heterocycles. The van der Waals surface area contributed by atoms with Gasteiger partial charge in [0.25, 0.3) is 0 Å². The Morgan fingerprint density at radius 1 is 1.20 bits per heavy atom. The van der Waals surface area contributed by atoms with Crippen molar-refractivity contribution >= 4 is 17.1 Å². The van der Waals surface area contributed by atoms with Crippen molar-refractivity contribution in [2.24, 2.45) is 0 Å². The Morgan fingerprint density at radius 3 is 2.85 bits per heavy atom. The van der Waals surface area contributed by atoms with Crippen LogP contribution in [0.5, 0.6) is 0 Å². The molecule has 3 rings (SSSR count). The maximum atomic E-state index is 6.03. The monoisotopic (exact) mass is 266 g/mol. The van der Waals surface area contributed by atoms with E-state index < -0.39 is 0 Å². The summed E-state index contributed by atoms with van der Waals surface area (Å²) in [5.74, 6) is 0.537. The number of rotatable bonds is 3. The molecular weight excluding hydrogens is 248 g/mol. The molecule has 4 nitrogen and oxygen atoms in total. The number of hydrogen-bond donors (Lipinski definition) is 1. The molecule has 0 bridgehead atoms. The van der Waals surface area contributed by atoms with E-state index in [9.17, 15) is 0 Å². The van der Waals surface area contributed by atoms with E-state index in [2.05, 4.69) is 41.2 Å². The van der Waals surface area contributed by atoms with Gasteiger partial charge >= 0.3 is 0 Å². The summed E-state index contributed by atoms with van der Waals surface area (Å²) in [6.07, 6.45) is 2.73. The Morgan fingerprint density at radius 2 is 2.05 bits per heavy atom. The van der Waals surface area contributed by atoms with E-state index >= 15 is 0 Å². The van der Waals surface area contributed by atoms with Gasteiger partial charge in [0, 0.05) is 12.7 Å². The Bertz CT molecular complexity index is 758. The van der Waals surface area contributed by atoms with Crippen molar-refractivity contribution in [2.75, 3.05) is 5.73 Å². The van der Waals surface area contributed by atoms with Crippen molar-refractivity contribution in [3.8, 4) is 0 Å². The summed E-state index contributed by atoms with van der Waals surface area (Å²) in [6, 6.07) is 10.5. The quantitative estimate of drug-likeness (QED) is 0.793. The van der Waals surface area contributed by atoms with E-state index in [-0.39, 0.29) is 0 Å². The van der Waals surface area contributed by atoms with Gasteiger partial charge in [0.15, 0.2) is 5.65 Å². The number of nitrogen functional groups attached to an aromatic ring is 1. The fourth-order valence-electron chi connectivity index (χ4n) is 2.48. The second kappa shape index (κ2) is 4.96. The average molecular weight is 266 g/mol. The van der Waals surface area contributed by atoms with Crippen LogP contribution in [0.25, 0.3) is 11.2 Å². The van der Waals surface area contributed by atoms with E-state index in [0.717, 1.165) is 29.7 Å². The number of anilines is 1. The number of nitrogens with two attached hydrogens (primary N) is 1. The third-order valence-corrected chi connectivity index (χ3v) is 3.57. The number of aryl methyl sites for hydroxylation is 4. The van der Waals surface area contributed by atoms with E-state index in [1.165, 1.54) is 11.1 Å². The Labute approximate surface area is 118 Å². The lowest BCUT2D eigenvalue weighted by atomic mass is 10.1. The van der Waals surface area contributed by atoms with Gasteiger partial charge in [0.1, 0.15) is 5.52 Å². The van der Waals surface area contributed by atoms with Crippen LogP contribution in [0, 0.1) is 13.8 Å². The molecule has 4 heteroatoms. The second-order valence-electron chi connectivity index (χ2n) is 5.16. The van der Waals surface area contributed by atoms with Crippen LogP contribution in [0.15, 0.2) is 36.5 Å². The molecule has 0 spiro atoms. The van der Waals surface area contributed by atoms with Crippen LogP contribution in [-0.2, 0) is 13.0 Å². The van der Waals surface area contributed by atoms with Crippen molar-refractivity contribution in [2.45, 2.75) is 26.8 Å². The van der Waals surface area contributed by atoms with Gasteiger partial charge in [-0.25, -0.2) is 9.97 Å². The van der Waals surface area contributed by atoms with Crippen LogP contribution >= 0.6 is 0 Å². The predicted octanol–water partition coefficient (Wildman–Crippen LogP) is 2.87. The first-order chi connectivity index (χ1) is 9.65. The van der Waals surface area contributed by atoms with Crippen LogP contribution in [0.4, 0.5) is 5.95 Å². The summed E-state index contributed by atoms with van der Waals surface area (Å²) >= 11 is 0. The first kappa shape index (κ1) is 12.7. The fraction of sp³-hybridized carbons (Fsp3) is 0.250. The molecule has 0 unspecified atom stereocenters. The molecule has 0 saturated carbocycles. The van der Waals surface area contributed by atoms with Gasteiger partial charge < -0.3 is 5.73 Å². The molecule has 0 aliphatic rings. The summed E-state index contributed by atoms with van der Waals surface area (Å²) in [4.78, 5) is 8.83. The van der Waals surface area contributed by atoms with E-state index in [4.69, 9.17) is 5.73 Å². The van der Waals surface area contributed by atoms with Crippen molar-refractivity contribution in [3.63, 3.8) is 0 Å². The lowest BCUT2D eigenvalue weighted by Crippen LogP contribution is -2.06. The lowest BCUT2D eigenvalue weighted by Gasteiger charge is -2.06. The number of imidazole rings is 1. The number of pyridine rings is 1. The first-order valence-electron chi connectivity index (χ1n) is 6.78. The molecule has 2 N–H and O–H groups in total. The summed E-state index contributed by atoms with van der Waals surface area (Å²) in [5, 5.41) is 0. The van der Waals surface area contributed by atoms with E-state index in [1.807, 2.05) is 23.8 Å². The maximum absolute atomic E-state index is 6.03. The van der Waals surface area contributed by atoms with Crippen LogP contribution < -0.4 is 5.73 Å². The highest BCUT2D eigenvalue weighted by atomic mass is 15.2. The summed E-state index contributed by atoms with van der Waals surface area (Å²) < 4.78 is 1.99. The number of hydrogen-bond acceptors (Lipinski definition) is 3. The second-order valence-corrected chi connectivity index (χ2v) is 5.16. The zero-order valence-corrected chi connectivity index (χ0v) is 11.8. The lowest BCUT2D eigenvalue weighted by molar-refractivity contribution is 0.719. The molecule has 20 heavy (non-hydrogen) atoms. The van der Waals surface area contributed by atoms with Crippen LogP contribution in [-0.4, -0.2) is 14.5 Å². The molecule has 0 fully saturated rings. The molecule has 2 heterocycles. The summed E-state index contributed by atoms with van der Waals surface area (Å²) in [7, 11) is 0. The van der Waals surface area contributed by atoms with Crippen LogP contribution in [0.3, 0.4) is 0 Å². The minimum Gasteiger partial charge on any atom is -0.369 e. The van der Waals surface area contributed by atoms with Gasteiger partial charge in [0.05, 0.1) is 0 Å². The molecule has 0 radical (unpaired) electrons. The zero-order chi connectivity index (χ0) is 14.1. The third kappa shape index (κ3) is 2.25. The van der Waals surface area contributed by atoms with E-state index in [0.29, 0.717) is 5.95 Å². The van der Waals surface area contributed by atoms with E-state index in [1.54, 1.807) is 0 Å². The largest absolute Gasteiger partial charge is 0.369 e. The number of nitrogens with zero attached hydrogens (tertiary/aromatic N) is 3. The molecule has 0 atom stereocenters. The highest BCUT2D eigenvalue weighted by Gasteiger charge is 2.10.